The molecule has 0 aromatic heterocycles. The van der Waals surface area contributed by atoms with E-state index in [9.17, 15) is 9.59 Å². The van der Waals surface area contributed by atoms with Crippen molar-refractivity contribution in [3.05, 3.63) is 89.5 Å². The molecule has 0 bridgehead atoms. The Bertz CT molecular complexity index is 2020. The van der Waals surface area contributed by atoms with Crippen molar-refractivity contribution in [3.8, 4) is 17.2 Å². The van der Waals surface area contributed by atoms with Crippen LogP contribution in [0, 0.1) is 5.92 Å². The number of fused-ring (bicyclic) bond motifs is 1. The fourth-order valence-corrected chi connectivity index (χ4v) is 9.51. The minimum atomic E-state index is -2.52. The predicted molar refractivity (Wildman–Crippen MR) is 246 cm³/mol. The van der Waals surface area contributed by atoms with Gasteiger partial charge in [-0.2, -0.15) is 0 Å². The Hall–Kier alpha value is -4.24. The van der Waals surface area contributed by atoms with E-state index in [2.05, 4.69) is 33.9 Å². The molecule has 1 heterocycles. The fraction of sp³-hybridized carbons (Fsp3) is 0.560. The van der Waals surface area contributed by atoms with Crippen LogP contribution in [-0.2, 0) is 50.7 Å². The van der Waals surface area contributed by atoms with Gasteiger partial charge in [-0.15, -0.1) is 0 Å². The third-order valence-corrected chi connectivity index (χ3v) is 17.0. The van der Waals surface area contributed by atoms with Crippen LogP contribution in [0.15, 0.2) is 72.8 Å². The molecule has 1 spiro atoms. The quantitative estimate of drug-likeness (QED) is 0.0313. The number of benzene rings is 3. The van der Waals surface area contributed by atoms with Gasteiger partial charge in [0.05, 0.1) is 44.8 Å². The number of allylic oxidation sites excluding steroid dienone is 2. The molecule has 13 heteroatoms. The second kappa shape index (κ2) is 22.6. The molecule has 1 saturated carbocycles. The third kappa shape index (κ3) is 12.5. The van der Waals surface area contributed by atoms with Gasteiger partial charge in [-0.3, -0.25) is 4.79 Å². The number of carbonyl (C=O) groups excluding carboxylic acids is 2. The second-order valence-electron chi connectivity index (χ2n) is 17.9. The molecule has 5 rings (SSSR count). The summed E-state index contributed by atoms with van der Waals surface area (Å²) in [5.74, 6) is -1.15. The summed E-state index contributed by atoms with van der Waals surface area (Å²) < 4.78 is 63.3. The van der Waals surface area contributed by atoms with E-state index in [1.165, 1.54) is 14.2 Å². The Kier molecular flexibility index (Phi) is 17.8. The first-order chi connectivity index (χ1) is 30.1. The topological polar surface area (TPSA) is 126 Å². The minimum absolute atomic E-state index is 0.0491. The molecule has 1 aliphatic carbocycles. The highest BCUT2D eigenvalue weighted by Gasteiger charge is 2.55. The van der Waals surface area contributed by atoms with Gasteiger partial charge in [0.15, 0.2) is 20.9 Å². The molecule has 3 aromatic rings. The number of rotatable bonds is 22. The first-order valence-electron chi connectivity index (χ1n) is 22.2. The molecule has 0 radical (unpaired) electrons. The van der Waals surface area contributed by atoms with Crippen LogP contribution in [0.1, 0.15) is 95.1 Å². The summed E-state index contributed by atoms with van der Waals surface area (Å²) in [4.78, 5) is 27.7. The van der Waals surface area contributed by atoms with E-state index in [0.717, 1.165) is 31.2 Å². The molecule has 346 valence electrons. The zero-order valence-corrected chi connectivity index (χ0v) is 40.3. The molecule has 12 nitrogen and oxygen atoms in total. The van der Waals surface area contributed by atoms with Crippen molar-refractivity contribution in [2.75, 3.05) is 41.3 Å². The zero-order valence-electron chi connectivity index (χ0n) is 39.3. The highest BCUT2D eigenvalue weighted by molar-refractivity contribution is 6.74. The Labute approximate surface area is 375 Å². The lowest BCUT2D eigenvalue weighted by atomic mass is 9.83. The molecule has 1 aliphatic heterocycles. The number of esters is 2. The maximum Gasteiger partial charge on any atom is 0.341 e. The van der Waals surface area contributed by atoms with E-state index < -0.39 is 50.3 Å². The lowest BCUT2D eigenvalue weighted by Crippen LogP contribution is -2.56. The van der Waals surface area contributed by atoms with Crippen LogP contribution in [0.25, 0.3) is 10.8 Å². The van der Waals surface area contributed by atoms with Gasteiger partial charge in [0.2, 0.25) is 0 Å². The van der Waals surface area contributed by atoms with Crippen LogP contribution in [0.5, 0.6) is 17.2 Å². The smallest absolute Gasteiger partial charge is 0.341 e. The van der Waals surface area contributed by atoms with Crippen molar-refractivity contribution in [1.29, 1.82) is 0 Å². The standard InChI is InChI=1S/C50H70O12Si/c1-12-14-25-57-39-29-37-27-36(43(48(52)55-9)46(58-26-15-13-2)42(37)40(31-39)59-33-56-32-35-21-17-16-18-22-35)28-38(30-41(51)53-7)45(54-8)47(62-63(10,11)49(4,5)6)44-34(3)60-50(61-44)23-19-20-24-50/h12-18,21-22,27,29,31,34,38,44-45,47H,19-20,23-26,28,30,32-33H2,1-11H3/b14-12+,15-13+/t34-,38-,44+,45+,47+/m1/s1. The third-order valence-electron chi connectivity index (χ3n) is 12.5. The highest BCUT2D eigenvalue weighted by Crippen LogP contribution is 2.48. The molecule has 3 aromatic carbocycles. The molecule has 5 atom stereocenters. The van der Waals surface area contributed by atoms with Gasteiger partial charge >= 0.3 is 11.9 Å². The van der Waals surface area contributed by atoms with Gasteiger partial charge in [0.1, 0.15) is 48.2 Å². The Morgan fingerprint density at radius 3 is 2.21 bits per heavy atom. The Morgan fingerprint density at radius 2 is 1.59 bits per heavy atom. The summed E-state index contributed by atoms with van der Waals surface area (Å²) >= 11 is 0. The van der Waals surface area contributed by atoms with Crippen LogP contribution >= 0.6 is 0 Å². The van der Waals surface area contributed by atoms with E-state index in [4.69, 9.17) is 47.1 Å². The van der Waals surface area contributed by atoms with Crippen molar-refractivity contribution >= 4 is 31.0 Å². The van der Waals surface area contributed by atoms with Crippen molar-refractivity contribution in [1.82, 2.24) is 0 Å². The van der Waals surface area contributed by atoms with E-state index in [0.29, 0.717) is 41.0 Å². The van der Waals surface area contributed by atoms with Crippen molar-refractivity contribution < 1.29 is 56.6 Å². The molecule has 1 saturated heterocycles. The number of hydrogen-bond donors (Lipinski definition) is 0. The maximum absolute atomic E-state index is 14.2. The number of carbonyl (C=O) groups is 2. The normalized spacial score (nSPS) is 19.2. The summed E-state index contributed by atoms with van der Waals surface area (Å²) in [6, 6.07) is 15.4. The minimum Gasteiger partial charge on any atom is -0.489 e. The second-order valence-corrected chi connectivity index (χ2v) is 22.7. The largest absolute Gasteiger partial charge is 0.489 e. The highest BCUT2D eigenvalue weighted by atomic mass is 28.4. The van der Waals surface area contributed by atoms with Crippen molar-refractivity contribution in [2.24, 2.45) is 5.92 Å². The molecule has 0 N–H and O–H groups in total. The molecule has 0 unspecified atom stereocenters. The summed E-state index contributed by atoms with van der Waals surface area (Å²) in [7, 11) is 1.82. The van der Waals surface area contributed by atoms with Crippen LogP contribution in [0.3, 0.4) is 0 Å². The SMILES string of the molecule is C/C=C/COc1cc(OCOCc2ccccc2)c2c(OC/C=C/C)c(C(=O)OC)c(C[C@H](CC(=O)OC)[C@H](OC)[C@@H](O[Si](C)(C)C(C)(C)C)[C@H]3OC4(CCCC4)O[C@@H]3C)cc2c1. The summed E-state index contributed by atoms with van der Waals surface area (Å²) in [5, 5.41) is 1.04. The molecule has 2 fully saturated rings. The van der Waals surface area contributed by atoms with E-state index in [-0.39, 0.29) is 48.7 Å². The van der Waals surface area contributed by atoms with E-state index >= 15 is 0 Å². The van der Waals surface area contributed by atoms with Crippen LogP contribution < -0.4 is 14.2 Å². The van der Waals surface area contributed by atoms with Crippen LogP contribution in [-0.4, -0.2) is 91.8 Å². The molecule has 0 amide bonds. The average molecular weight is 891 g/mol. The number of ether oxygens (including phenoxy) is 9. The van der Waals surface area contributed by atoms with Gasteiger partial charge in [0.25, 0.3) is 0 Å². The lowest BCUT2D eigenvalue weighted by molar-refractivity contribution is -0.185. The summed E-state index contributed by atoms with van der Waals surface area (Å²) in [6.07, 6.45) is 9.10. The number of methoxy groups -OCH3 is 3. The van der Waals surface area contributed by atoms with E-state index in [1.807, 2.05) is 87.5 Å². The Balaban J connectivity index is 1.68. The molecule has 63 heavy (non-hydrogen) atoms. The average Bonchev–Trinajstić information content (AvgIpc) is 3.85. The fourth-order valence-electron chi connectivity index (χ4n) is 8.21. The van der Waals surface area contributed by atoms with E-state index in [1.54, 1.807) is 13.2 Å². The van der Waals surface area contributed by atoms with Crippen molar-refractivity contribution in [2.45, 2.75) is 135 Å². The molecule has 2 aliphatic rings. The molecular weight excluding hydrogens is 821 g/mol. The predicted octanol–water partition coefficient (Wildman–Crippen LogP) is 10.3. The van der Waals surface area contributed by atoms with Gasteiger partial charge in [-0.05, 0) is 86.8 Å². The lowest BCUT2D eigenvalue weighted by Gasteiger charge is -2.44. The molecular formula is C50H70O12Si. The summed E-state index contributed by atoms with van der Waals surface area (Å²) in [5.41, 5.74) is 1.75. The maximum atomic E-state index is 14.2. The summed E-state index contributed by atoms with van der Waals surface area (Å²) in [6.45, 7) is 17.5. The number of hydrogen-bond acceptors (Lipinski definition) is 12. The van der Waals surface area contributed by atoms with Crippen LogP contribution in [0.4, 0.5) is 0 Å². The van der Waals surface area contributed by atoms with Crippen LogP contribution in [0.2, 0.25) is 18.1 Å². The van der Waals surface area contributed by atoms with Gasteiger partial charge in [0, 0.05) is 31.9 Å². The Morgan fingerprint density at radius 1 is 0.905 bits per heavy atom. The first-order valence-corrected chi connectivity index (χ1v) is 25.1. The van der Waals surface area contributed by atoms with Gasteiger partial charge in [-0.1, -0.05) is 75.4 Å². The zero-order chi connectivity index (χ0) is 45.8. The first kappa shape index (κ1) is 49.8. The van der Waals surface area contributed by atoms with Gasteiger partial charge < -0.3 is 47.1 Å². The monoisotopic (exact) mass is 890 g/mol. The van der Waals surface area contributed by atoms with Gasteiger partial charge in [-0.25, -0.2) is 4.79 Å². The van der Waals surface area contributed by atoms with Crippen molar-refractivity contribution in [3.63, 3.8) is 0 Å².